The van der Waals surface area contributed by atoms with Gasteiger partial charge in [-0.15, -0.1) is 0 Å². The largest absolute Gasteiger partial charge is 0.497 e. The Morgan fingerprint density at radius 3 is 2.46 bits per heavy atom. The number of aryl methyl sites for hydroxylation is 1. The average molecular weight is 332 g/mol. The summed E-state index contributed by atoms with van der Waals surface area (Å²) in [6.07, 6.45) is 7.09. The van der Waals surface area contributed by atoms with E-state index >= 15 is 0 Å². The second kappa shape index (κ2) is 9.67. The van der Waals surface area contributed by atoms with Gasteiger partial charge in [-0.25, -0.2) is 0 Å². The van der Waals surface area contributed by atoms with Crippen molar-refractivity contribution >= 4 is 5.91 Å². The number of nitrogens with two attached hydrogens (primary N) is 1. The number of hydrogen-bond donors (Lipinski definition) is 1. The first-order valence-corrected chi connectivity index (χ1v) is 9.26. The van der Waals surface area contributed by atoms with Gasteiger partial charge in [-0.1, -0.05) is 18.6 Å². The number of carbonyl (C=O) groups excluding carboxylic acids is 1. The number of methoxy groups -OCH3 is 1. The van der Waals surface area contributed by atoms with E-state index in [9.17, 15) is 4.79 Å². The molecule has 1 unspecified atom stereocenters. The van der Waals surface area contributed by atoms with Crippen LogP contribution in [0.3, 0.4) is 0 Å². The molecule has 1 aliphatic heterocycles. The molecule has 0 radical (unpaired) electrons. The first kappa shape index (κ1) is 18.8. The van der Waals surface area contributed by atoms with Crippen molar-refractivity contribution in [2.45, 2.75) is 57.9 Å². The fourth-order valence-electron chi connectivity index (χ4n) is 3.41. The molecule has 1 saturated heterocycles. The SMILES string of the molecule is COc1ccc(CCCCCC(=O)N2CCC(C(C)N)CC2)cc1. The number of hydrogen-bond acceptors (Lipinski definition) is 3. The van der Waals surface area contributed by atoms with Crippen LogP contribution in [0.15, 0.2) is 24.3 Å². The van der Waals surface area contributed by atoms with Gasteiger partial charge in [0.15, 0.2) is 0 Å². The van der Waals surface area contributed by atoms with Crippen molar-refractivity contribution in [3.63, 3.8) is 0 Å². The molecule has 1 heterocycles. The molecule has 1 aliphatic rings. The molecule has 4 nitrogen and oxygen atoms in total. The summed E-state index contributed by atoms with van der Waals surface area (Å²) in [5, 5.41) is 0. The van der Waals surface area contributed by atoms with Gasteiger partial charge in [-0.2, -0.15) is 0 Å². The van der Waals surface area contributed by atoms with Crippen molar-refractivity contribution in [1.29, 1.82) is 0 Å². The van der Waals surface area contributed by atoms with E-state index in [1.807, 2.05) is 17.0 Å². The van der Waals surface area contributed by atoms with Gasteiger partial charge >= 0.3 is 0 Å². The normalized spacial score (nSPS) is 16.9. The van der Waals surface area contributed by atoms with Crippen molar-refractivity contribution in [2.24, 2.45) is 11.7 Å². The zero-order valence-electron chi connectivity index (χ0n) is 15.2. The van der Waals surface area contributed by atoms with E-state index in [1.165, 1.54) is 5.56 Å². The monoisotopic (exact) mass is 332 g/mol. The number of rotatable bonds is 8. The predicted octanol–water partition coefficient (Wildman–Crippen LogP) is 3.38. The molecule has 1 atom stereocenters. The third-order valence-corrected chi connectivity index (χ3v) is 5.15. The van der Waals surface area contributed by atoms with Crippen LogP contribution in [0.25, 0.3) is 0 Å². The Labute approximate surface area is 146 Å². The Bertz CT molecular complexity index is 491. The van der Waals surface area contributed by atoms with Crippen molar-refractivity contribution in [2.75, 3.05) is 20.2 Å². The Kier molecular flexibility index (Phi) is 7.57. The Balaban J connectivity index is 1.57. The lowest BCUT2D eigenvalue weighted by atomic mass is 9.91. The van der Waals surface area contributed by atoms with Gasteiger partial charge in [-0.3, -0.25) is 4.79 Å². The van der Waals surface area contributed by atoms with E-state index in [4.69, 9.17) is 10.5 Å². The standard InChI is InChI=1S/C20H32N2O2/c1-16(21)18-12-14-22(15-13-18)20(23)7-5-3-4-6-17-8-10-19(24-2)11-9-17/h8-11,16,18H,3-7,12-15,21H2,1-2H3. The smallest absolute Gasteiger partial charge is 0.222 e. The van der Waals surface area contributed by atoms with Gasteiger partial charge in [0.1, 0.15) is 5.75 Å². The van der Waals surface area contributed by atoms with Crippen LogP contribution >= 0.6 is 0 Å². The van der Waals surface area contributed by atoms with E-state index in [1.54, 1.807) is 7.11 Å². The van der Waals surface area contributed by atoms with E-state index in [-0.39, 0.29) is 6.04 Å². The number of ether oxygens (including phenoxy) is 1. The summed E-state index contributed by atoms with van der Waals surface area (Å²) in [5.41, 5.74) is 7.29. The van der Waals surface area contributed by atoms with Crippen LogP contribution in [-0.2, 0) is 11.2 Å². The van der Waals surface area contributed by atoms with Crippen LogP contribution in [0, 0.1) is 5.92 Å². The molecule has 1 fully saturated rings. The van der Waals surface area contributed by atoms with Gasteiger partial charge in [0.2, 0.25) is 5.91 Å². The van der Waals surface area contributed by atoms with Crippen LogP contribution in [-0.4, -0.2) is 37.0 Å². The Morgan fingerprint density at radius 1 is 1.21 bits per heavy atom. The van der Waals surface area contributed by atoms with E-state index < -0.39 is 0 Å². The topological polar surface area (TPSA) is 55.6 Å². The lowest BCUT2D eigenvalue weighted by Gasteiger charge is -2.33. The van der Waals surface area contributed by atoms with Crippen molar-refractivity contribution < 1.29 is 9.53 Å². The summed E-state index contributed by atoms with van der Waals surface area (Å²) in [4.78, 5) is 14.3. The van der Waals surface area contributed by atoms with E-state index in [0.717, 1.165) is 57.4 Å². The number of amides is 1. The van der Waals surface area contributed by atoms with Crippen LogP contribution in [0.2, 0.25) is 0 Å². The molecule has 1 aromatic carbocycles. The first-order chi connectivity index (χ1) is 11.6. The van der Waals surface area contributed by atoms with E-state index in [2.05, 4.69) is 19.1 Å². The maximum atomic E-state index is 12.3. The maximum Gasteiger partial charge on any atom is 0.222 e. The summed E-state index contributed by atoms with van der Waals surface area (Å²) in [6.45, 7) is 3.85. The summed E-state index contributed by atoms with van der Waals surface area (Å²) in [6, 6.07) is 8.49. The summed E-state index contributed by atoms with van der Waals surface area (Å²) in [5.74, 6) is 1.80. The third kappa shape index (κ3) is 5.82. The van der Waals surface area contributed by atoms with Crippen LogP contribution < -0.4 is 10.5 Å². The molecular weight excluding hydrogens is 300 g/mol. The minimum atomic E-state index is 0.250. The second-order valence-corrected chi connectivity index (χ2v) is 6.99. The fraction of sp³-hybridized carbons (Fsp3) is 0.650. The quantitative estimate of drug-likeness (QED) is 0.743. The van der Waals surface area contributed by atoms with Crippen molar-refractivity contribution in [3.05, 3.63) is 29.8 Å². The van der Waals surface area contributed by atoms with E-state index in [0.29, 0.717) is 18.2 Å². The average Bonchev–Trinajstić information content (AvgIpc) is 2.62. The van der Waals surface area contributed by atoms with Crippen LogP contribution in [0.1, 0.15) is 51.0 Å². The molecule has 2 rings (SSSR count). The van der Waals surface area contributed by atoms with Gasteiger partial charge < -0.3 is 15.4 Å². The van der Waals surface area contributed by atoms with Gasteiger partial charge in [0, 0.05) is 25.6 Å². The Morgan fingerprint density at radius 2 is 1.88 bits per heavy atom. The molecule has 1 aromatic rings. The number of nitrogens with zero attached hydrogens (tertiary/aromatic N) is 1. The van der Waals surface area contributed by atoms with Crippen molar-refractivity contribution in [1.82, 2.24) is 4.90 Å². The number of benzene rings is 1. The number of carbonyl (C=O) groups is 1. The number of piperidine rings is 1. The van der Waals surface area contributed by atoms with Gasteiger partial charge in [-0.05, 0) is 62.6 Å². The molecule has 0 bridgehead atoms. The molecule has 0 saturated carbocycles. The number of likely N-dealkylation sites (tertiary alicyclic amines) is 1. The zero-order valence-corrected chi connectivity index (χ0v) is 15.2. The highest BCUT2D eigenvalue weighted by Crippen LogP contribution is 2.20. The third-order valence-electron chi connectivity index (χ3n) is 5.15. The lowest BCUT2D eigenvalue weighted by Crippen LogP contribution is -2.42. The molecule has 134 valence electrons. The minimum Gasteiger partial charge on any atom is -0.497 e. The second-order valence-electron chi connectivity index (χ2n) is 6.99. The highest BCUT2D eigenvalue weighted by molar-refractivity contribution is 5.76. The highest BCUT2D eigenvalue weighted by Gasteiger charge is 2.24. The predicted molar refractivity (Wildman–Crippen MR) is 98.1 cm³/mol. The van der Waals surface area contributed by atoms with Crippen molar-refractivity contribution in [3.8, 4) is 5.75 Å². The highest BCUT2D eigenvalue weighted by atomic mass is 16.5. The van der Waals surface area contributed by atoms with Crippen LogP contribution in [0.4, 0.5) is 0 Å². The zero-order chi connectivity index (χ0) is 17.4. The Hall–Kier alpha value is -1.55. The summed E-state index contributed by atoms with van der Waals surface area (Å²) in [7, 11) is 1.69. The summed E-state index contributed by atoms with van der Waals surface area (Å²) < 4.78 is 5.17. The van der Waals surface area contributed by atoms with Gasteiger partial charge in [0.25, 0.3) is 0 Å². The number of unbranched alkanes of at least 4 members (excludes halogenated alkanes) is 2. The molecule has 4 heteroatoms. The summed E-state index contributed by atoms with van der Waals surface area (Å²) >= 11 is 0. The molecule has 0 spiro atoms. The minimum absolute atomic E-state index is 0.250. The van der Waals surface area contributed by atoms with Gasteiger partial charge in [0.05, 0.1) is 7.11 Å². The first-order valence-electron chi connectivity index (χ1n) is 9.26. The molecule has 24 heavy (non-hydrogen) atoms. The van der Waals surface area contributed by atoms with Crippen LogP contribution in [0.5, 0.6) is 5.75 Å². The molecule has 1 amide bonds. The molecule has 0 aromatic heterocycles. The lowest BCUT2D eigenvalue weighted by molar-refractivity contribution is -0.132. The maximum absolute atomic E-state index is 12.3. The molecule has 2 N–H and O–H groups in total. The fourth-order valence-corrected chi connectivity index (χ4v) is 3.41. The molecule has 0 aliphatic carbocycles. The molecular formula is C20H32N2O2.